The van der Waals surface area contributed by atoms with E-state index in [-0.39, 0.29) is 5.91 Å². The standard InChI is InChI=1S/C11H23N3O/c1-4-13-7-10(9(2)3)14(6-5-12)8-11(13)15/h9-10H,4-8,12H2,1-3H3. The monoisotopic (exact) mass is 213 g/mol. The third kappa shape index (κ3) is 2.92. The zero-order valence-corrected chi connectivity index (χ0v) is 10.1. The Labute approximate surface area is 92.4 Å². The molecule has 0 radical (unpaired) electrons. The van der Waals surface area contributed by atoms with E-state index in [9.17, 15) is 4.79 Å². The van der Waals surface area contributed by atoms with Crippen molar-refractivity contribution in [3.8, 4) is 0 Å². The van der Waals surface area contributed by atoms with Crippen LogP contribution in [-0.2, 0) is 4.79 Å². The predicted molar refractivity (Wildman–Crippen MR) is 61.5 cm³/mol. The smallest absolute Gasteiger partial charge is 0.236 e. The molecule has 15 heavy (non-hydrogen) atoms. The topological polar surface area (TPSA) is 49.6 Å². The van der Waals surface area contributed by atoms with E-state index in [4.69, 9.17) is 5.73 Å². The molecule has 2 N–H and O–H groups in total. The summed E-state index contributed by atoms with van der Waals surface area (Å²) in [6, 6.07) is 0.464. The van der Waals surface area contributed by atoms with E-state index in [2.05, 4.69) is 18.7 Å². The van der Waals surface area contributed by atoms with Gasteiger partial charge in [-0.15, -0.1) is 0 Å². The highest BCUT2D eigenvalue weighted by Gasteiger charge is 2.32. The van der Waals surface area contributed by atoms with Crippen molar-refractivity contribution >= 4 is 5.91 Å². The van der Waals surface area contributed by atoms with Crippen molar-refractivity contribution < 1.29 is 4.79 Å². The Balaban J connectivity index is 2.67. The second-order valence-corrected chi connectivity index (χ2v) is 4.50. The van der Waals surface area contributed by atoms with Gasteiger partial charge in [0.2, 0.25) is 5.91 Å². The molecule has 0 aromatic heterocycles. The molecule has 0 spiro atoms. The van der Waals surface area contributed by atoms with Crippen LogP contribution in [0, 0.1) is 5.92 Å². The summed E-state index contributed by atoms with van der Waals surface area (Å²) in [5.74, 6) is 0.807. The van der Waals surface area contributed by atoms with Crippen molar-refractivity contribution in [2.45, 2.75) is 26.8 Å². The molecule has 1 saturated heterocycles. The van der Waals surface area contributed by atoms with Gasteiger partial charge < -0.3 is 10.6 Å². The molecule has 1 aliphatic rings. The third-order valence-corrected chi connectivity index (χ3v) is 3.14. The lowest BCUT2D eigenvalue weighted by atomic mass is 9.99. The van der Waals surface area contributed by atoms with Gasteiger partial charge in [-0.1, -0.05) is 13.8 Å². The van der Waals surface area contributed by atoms with Crippen molar-refractivity contribution in [2.24, 2.45) is 11.7 Å². The molecule has 1 fully saturated rings. The minimum atomic E-state index is 0.239. The molecule has 1 unspecified atom stereocenters. The summed E-state index contributed by atoms with van der Waals surface area (Å²) in [7, 11) is 0. The van der Waals surface area contributed by atoms with Gasteiger partial charge >= 0.3 is 0 Å². The Bertz CT molecular complexity index is 218. The first kappa shape index (κ1) is 12.5. The summed E-state index contributed by atoms with van der Waals surface area (Å²) in [5.41, 5.74) is 5.57. The Hall–Kier alpha value is -0.610. The molecule has 1 aliphatic heterocycles. The second-order valence-electron chi connectivity index (χ2n) is 4.50. The molecule has 88 valence electrons. The summed E-state index contributed by atoms with van der Waals surface area (Å²) in [4.78, 5) is 15.9. The van der Waals surface area contributed by atoms with E-state index in [1.807, 2.05) is 11.8 Å². The molecule has 0 aromatic carbocycles. The quantitative estimate of drug-likeness (QED) is 0.722. The lowest BCUT2D eigenvalue weighted by Crippen LogP contribution is -2.58. The molecular formula is C11H23N3O. The molecule has 0 aliphatic carbocycles. The van der Waals surface area contributed by atoms with Gasteiger partial charge in [0.05, 0.1) is 6.54 Å². The van der Waals surface area contributed by atoms with Crippen LogP contribution in [0.2, 0.25) is 0 Å². The van der Waals surface area contributed by atoms with Crippen LogP contribution in [0.5, 0.6) is 0 Å². The largest absolute Gasteiger partial charge is 0.340 e. The predicted octanol–water partition coefficient (Wildman–Crippen LogP) is 0.134. The lowest BCUT2D eigenvalue weighted by molar-refractivity contribution is -0.139. The number of amides is 1. The molecule has 4 heteroatoms. The molecule has 0 bridgehead atoms. The third-order valence-electron chi connectivity index (χ3n) is 3.14. The van der Waals surface area contributed by atoms with Crippen LogP contribution in [0.3, 0.4) is 0 Å². The van der Waals surface area contributed by atoms with Crippen LogP contribution in [-0.4, -0.2) is 54.5 Å². The number of rotatable bonds is 4. The van der Waals surface area contributed by atoms with Crippen LogP contribution in [0.4, 0.5) is 0 Å². The Morgan fingerprint density at radius 1 is 1.53 bits per heavy atom. The SMILES string of the molecule is CCN1CC(C(C)C)N(CCN)CC1=O. The van der Waals surface area contributed by atoms with Crippen LogP contribution >= 0.6 is 0 Å². The van der Waals surface area contributed by atoms with Gasteiger partial charge in [0, 0.05) is 32.2 Å². The average Bonchev–Trinajstić information content (AvgIpc) is 2.18. The number of carbonyl (C=O) groups excluding carboxylic acids is 1. The van der Waals surface area contributed by atoms with Crippen molar-refractivity contribution in [3.05, 3.63) is 0 Å². The van der Waals surface area contributed by atoms with Gasteiger partial charge in [-0.05, 0) is 12.8 Å². The fourth-order valence-corrected chi connectivity index (χ4v) is 2.18. The van der Waals surface area contributed by atoms with Gasteiger partial charge in [0.1, 0.15) is 0 Å². The van der Waals surface area contributed by atoms with E-state index in [0.29, 0.717) is 25.0 Å². The number of nitrogens with zero attached hydrogens (tertiary/aromatic N) is 2. The van der Waals surface area contributed by atoms with Crippen molar-refractivity contribution in [1.82, 2.24) is 9.80 Å². The zero-order valence-electron chi connectivity index (χ0n) is 10.1. The molecule has 1 amide bonds. The number of hydrogen-bond donors (Lipinski definition) is 1. The van der Waals surface area contributed by atoms with Crippen molar-refractivity contribution in [2.75, 3.05) is 32.7 Å². The van der Waals surface area contributed by atoms with Crippen molar-refractivity contribution in [1.29, 1.82) is 0 Å². The maximum atomic E-state index is 11.7. The van der Waals surface area contributed by atoms with E-state index in [1.165, 1.54) is 0 Å². The van der Waals surface area contributed by atoms with Crippen molar-refractivity contribution in [3.63, 3.8) is 0 Å². The minimum Gasteiger partial charge on any atom is -0.340 e. The summed E-state index contributed by atoms with van der Waals surface area (Å²) in [5, 5.41) is 0. The first-order valence-electron chi connectivity index (χ1n) is 5.82. The Morgan fingerprint density at radius 2 is 2.20 bits per heavy atom. The Morgan fingerprint density at radius 3 is 2.67 bits per heavy atom. The molecule has 1 atom stereocenters. The van der Waals surface area contributed by atoms with Gasteiger partial charge in [-0.3, -0.25) is 9.69 Å². The molecule has 0 aromatic rings. The lowest BCUT2D eigenvalue weighted by Gasteiger charge is -2.42. The summed E-state index contributed by atoms with van der Waals surface area (Å²) >= 11 is 0. The summed E-state index contributed by atoms with van der Waals surface area (Å²) < 4.78 is 0. The fourth-order valence-electron chi connectivity index (χ4n) is 2.18. The van der Waals surface area contributed by atoms with E-state index >= 15 is 0 Å². The first-order chi connectivity index (χ1) is 7.10. The summed E-state index contributed by atoms with van der Waals surface area (Å²) in [6.45, 7) is 10.1. The highest BCUT2D eigenvalue weighted by molar-refractivity contribution is 5.79. The summed E-state index contributed by atoms with van der Waals surface area (Å²) in [6.07, 6.45) is 0. The average molecular weight is 213 g/mol. The molecule has 0 saturated carbocycles. The number of piperazine rings is 1. The normalized spacial score (nSPS) is 23.9. The van der Waals surface area contributed by atoms with Gasteiger partial charge in [-0.25, -0.2) is 0 Å². The van der Waals surface area contributed by atoms with Crippen LogP contribution < -0.4 is 5.73 Å². The Kier molecular flexibility index (Phi) is 4.54. The molecule has 1 heterocycles. The number of nitrogens with two attached hydrogens (primary N) is 1. The molecule has 4 nitrogen and oxygen atoms in total. The fraction of sp³-hybridized carbons (Fsp3) is 0.909. The zero-order chi connectivity index (χ0) is 11.4. The van der Waals surface area contributed by atoms with Gasteiger partial charge in [-0.2, -0.15) is 0 Å². The molecule has 1 rings (SSSR count). The number of hydrogen-bond acceptors (Lipinski definition) is 3. The maximum absolute atomic E-state index is 11.7. The van der Waals surface area contributed by atoms with E-state index in [0.717, 1.165) is 19.6 Å². The highest BCUT2D eigenvalue weighted by Crippen LogP contribution is 2.17. The maximum Gasteiger partial charge on any atom is 0.236 e. The molecular weight excluding hydrogens is 190 g/mol. The number of carbonyl (C=O) groups is 1. The van der Waals surface area contributed by atoms with E-state index in [1.54, 1.807) is 0 Å². The van der Waals surface area contributed by atoms with Gasteiger partial charge in [0.25, 0.3) is 0 Å². The van der Waals surface area contributed by atoms with Crippen LogP contribution in [0.25, 0.3) is 0 Å². The van der Waals surface area contributed by atoms with E-state index < -0.39 is 0 Å². The minimum absolute atomic E-state index is 0.239. The first-order valence-corrected chi connectivity index (χ1v) is 5.82. The van der Waals surface area contributed by atoms with Gasteiger partial charge in [0.15, 0.2) is 0 Å². The number of likely N-dealkylation sites (N-methyl/N-ethyl adjacent to an activating group) is 1. The van der Waals surface area contributed by atoms with Crippen LogP contribution in [0.15, 0.2) is 0 Å². The highest BCUT2D eigenvalue weighted by atomic mass is 16.2. The van der Waals surface area contributed by atoms with Crippen LogP contribution in [0.1, 0.15) is 20.8 Å². The second kappa shape index (κ2) is 5.47.